The average molecular weight is 312 g/mol. The smallest absolute Gasteiger partial charge is 0.406 e. The maximum atomic E-state index is 11.9. The van der Waals surface area contributed by atoms with E-state index < -0.39 is 34.1 Å². The Morgan fingerprint density at radius 3 is 2.20 bits per heavy atom. The zero-order valence-electron chi connectivity index (χ0n) is 10.1. The first-order valence-corrected chi connectivity index (χ1v) is 6.67. The third-order valence-corrected chi connectivity index (χ3v) is 3.68. The second-order valence-corrected chi connectivity index (χ2v) is 5.48. The fraction of sp³-hybridized carbons (Fsp3) is 0.300. The quantitative estimate of drug-likeness (QED) is 0.837. The topological polar surface area (TPSA) is 98.5 Å². The van der Waals surface area contributed by atoms with Crippen LogP contribution in [0.3, 0.4) is 0 Å². The lowest BCUT2D eigenvalue weighted by atomic mass is 10.3. The average Bonchev–Trinajstić information content (AvgIpc) is 2.26. The lowest BCUT2D eigenvalue weighted by molar-refractivity contribution is -0.274. The third kappa shape index (κ3) is 4.70. The first-order chi connectivity index (χ1) is 9.01. The molecule has 1 amide bonds. The highest BCUT2D eigenvalue weighted by Gasteiger charge is 2.31. The number of benzene rings is 1. The first kappa shape index (κ1) is 16.2. The molecule has 0 aromatic heterocycles. The van der Waals surface area contributed by atoms with E-state index in [0.717, 1.165) is 24.3 Å². The Morgan fingerprint density at radius 2 is 1.80 bits per heavy atom. The van der Waals surface area contributed by atoms with E-state index in [9.17, 15) is 26.4 Å². The molecule has 0 bridgehead atoms. The standard InChI is InChI=1S/C10H11F3N2O4S/c1-6(9(14)16)15-20(17,18)8-4-2-7(3-5-8)19-10(11,12)13/h2-6,15H,1H3,(H2,14,16). The van der Waals surface area contributed by atoms with Crippen molar-refractivity contribution < 1.29 is 31.1 Å². The van der Waals surface area contributed by atoms with Crippen LogP contribution in [-0.2, 0) is 14.8 Å². The molecular formula is C10H11F3N2O4S. The van der Waals surface area contributed by atoms with Crippen molar-refractivity contribution in [2.75, 3.05) is 0 Å². The lowest BCUT2D eigenvalue weighted by Crippen LogP contribution is -2.42. The van der Waals surface area contributed by atoms with Crippen molar-refractivity contribution in [1.29, 1.82) is 0 Å². The zero-order chi connectivity index (χ0) is 15.6. The van der Waals surface area contributed by atoms with Gasteiger partial charge in [-0.2, -0.15) is 4.72 Å². The van der Waals surface area contributed by atoms with Crippen LogP contribution < -0.4 is 15.2 Å². The fourth-order valence-electron chi connectivity index (χ4n) is 1.18. The SMILES string of the molecule is CC(NS(=O)(=O)c1ccc(OC(F)(F)F)cc1)C(N)=O. The molecule has 0 aliphatic heterocycles. The van der Waals surface area contributed by atoms with Gasteiger partial charge in [0.1, 0.15) is 5.75 Å². The number of carbonyl (C=O) groups is 1. The van der Waals surface area contributed by atoms with E-state index >= 15 is 0 Å². The summed E-state index contributed by atoms with van der Waals surface area (Å²) in [5, 5.41) is 0. The summed E-state index contributed by atoms with van der Waals surface area (Å²) in [6.07, 6.45) is -4.86. The predicted molar refractivity (Wildman–Crippen MR) is 62.1 cm³/mol. The van der Waals surface area contributed by atoms with E-state index in [4.69, 9.17) is 5.73 Å². The molecule has 1 atom stereocenters. The molecular weight excluding hydrogens is 301 g/mol. The number of hydrogen-bond acceptors (Lipinski definition) is 4. The van der Waals surface area contributed by atoms with Crippen LogP contribution in [0.1, 0.15) is 6.92 Å². The van der Waals surface area contributed by atoms with Crippen LogP contribution in [0.4, 0.5) is 13.2 Å². The van der Waals surface area contributed by atoms with Crippen molar-refractivity contribution >= 4 is 15.9 Å². The Bertz CT molecular complexity index is 584. The predicted octanol–water partition coefficient (Wildman–Crippen LogP) is 0.737. The van der Waals surface area contributed by atoms with Gasteiger partial charge in [0.25, 0.3) is 0 Å². The second kappa shape index (κ2) is 5.67. The van der Waals surface area contributed by atoms with E-state index in [-0.39, 0.29) is 4.90 Å². The molecule has 3 N–H and O–H groups in total. The number of amides is 1. The van der Waals surface area contributed by atoms with Gasteiger partial charge < -0.3 is 10.5 Å². The number of alkyl halides is 3. The maximum absolute atomic E-state index is 11.9. The minimum Gasteiger partial charge on any atom is -0.406 e. The summed E-state index contributed by atoms with van der Waals surface area (Å²) in [7, 11) is -4.05. The van der Waals surface area contributed by atoms with Crippen molar-refractivity contribution in [2.24, 2.45) is 5.73 Å². The third-order valence-electron chi connectivity index (χ3n) is 2.13. The summed E-state index contributed by atoms with van der Waals surface area (Å²) < 4.78 is 64.9. The number of halogens is 3. The van der Waals surface area contributed by atoms with Crippen molar-refractivity contribution in [2.45, 2.75) is 24.2 Å². The fourth-order valence-corrected chi connectivity index (χ4v) is 2.39. The minimum atomic E-state index is -4.86. The van der Waals surface area contributed by atoms with Gasteiger partial charge in [0, 0.05) is 0 Å². The Balaban J connectivity index is 2.90. The summed E-state index contributed by atoms with van der Waals surface area (Å²) in [5.41, 5.74) is 4.90. The molecule has 1 aromatic carbocycles. The van der Waals surface area contributed by atoms with Gasteiger partial charge in [-0.3, -0.25) is 4.79 Å². The van der Waals surface area contributed by atoms with Gasteiger partial charge in [-0.25, -0.2) is 8.42 Å². The highest BCUT2D eigenvalue weighted by Crippen LogP contribution is 2.23. The number of nitrogens with two attached hydrogens (primary N) is 1. The van der Waals surface area contributed by atoms with Crippen molar-refractivity contribution in [1.82, 2.24) is 4.72 Å². The monoisotopic (exact) mass is 312 g/mol. The van der Waals surface area contributed by atoms with Gasteiger partial charge in [0.05, 0.1) is 10.9 Å². The van der Waals surface area contributed by atoms with Crippen molar-refractivity contribution in [3.05, 3.63) is 24.3 Å². The normalized spacial score (nSPS) is 13.8. The van der Waals surface area contributed by atoms with Crippen LogP contribution >= 0.6 is 0 Å². The Labute approximate surface area is 112 Å². The van der Waals surface area contributed by atoms with Crippen LogP contribution in [0.25, 0.3) is 0 Å². The summed E-state index contributed by atoms with van der Waals surface area (Å²) in [5.74, 6) is -1.44. The van der Waals surface area contributed by atoms with Gasteiger partial charge in [-0.15, -0.1) is 13.2 Å². The molecule has 1 aromatic rings. The van der Waals surface area contributed by atoms with E-state index in [2.05, 4.69) is 4.74 Å². The number of ether oxygens (including phenoxy) is 1. The Morgan fingerprint density at radius 1 is 1.30 bits per heavy atom. The number of nitrogens with one attached hydrogen (secondary N) is 1. The molecule has 0 aliphatic carbocycles. The van der Waals surface area contributed by atoms with Gasteiger partial charge in [0.2, 0.25) is 15.9 Å². The number of rotatable bonds is 5. The minimum absolute atomic E-state index is 0.319. The molecule has 112 valence electrons. The van der Waals surface area contributed by atoms with Crippen LogP contribution in [0, 0.1) is 0 Å². The van der Waals surface area contributed by atoms with Crippen LogP contribution in [0.5, 0.6) is 5.75 Å². The van der Waals surface area contributed by atoms with E-state index in [1.54, 1.807) is 0 Å². The highest BCUT2D eigenvalue weighted by molar-refractivity contribution is 7.89. The molecule has 1 rings (SSSR count). The Hall–Kier alpha value is -1.81. The molecule has 0 aliphatic rings. The summed E-state index contributed by atoms with van der Waals surface area (Å²) >= 11 is 0. The molecule has 6 nitrogen and oxygen atoms in total. The van der Waals surface area contributed by atoms with Gasteiger partial charge in [-0.05, 0) is 31.2 Å². The van der Waals surface area contributed by atoms with E-state index in [1.807, 2.05) is 4.72 Å². The summed E-state index contributed by atoms with van der Waals surface area (Å²) in [4.78, 5) is 10.5. The Kier molecular flexibility index (Phi) is 4.61. The molecule has 0 saturated heterocycles. The molecule has 0 radical (unpaired) electrons. The molecule has 0 saturated carbocycles. The van der Waals surface area contributed by atoms with Crippen molar-refractivity contribution in [3.63, 3.8) is 0 Å². The molecule has 20 heavy (non-hydrogen) atoms. The molecule has 1 unspecified atom stereocenters. The number of carbonyl (C=O) groups excluding carboxylic acids is 1. The van der Waals surface area contributed by atoms with Gasteiger partial charge >= 0.3 is 6.36 Å². The number of sulfonamides is 1. The number of hydrogen-bond donors (Lipinski definition) is 2. The highest BCUT2D eigenvalue weighted by atomic mass is 32.2. The van der Waals surface area contributed by atoms with Crippen LogP contribution in [0.15, 0.2) is 29.2 Å². The van der Waals surface area contributed by atoms with Crippen LogP contribution in [0.2, 0.25) is 0 Å². The molecule has 0 spiro atoms. The van der Waals surface area contributed by atoms with Gasteiger partial charge in [-0.1, -0.05) is 0 Å². The maximum Gasteiger partial charge on any atom is 0.573 e. The first-order valence-electron chi connectivity index (χ1n) is 5.19. The molecule has 0 fully saturated rings. The van der Waals surface area contributed by atoms with Crippen LogP contribution in [-0.4, -0.2) is 26.7 Å². The molecule has 10 heteroatoms. The number of primary amides is 1. The summed E-state index contributed by atoms with van der Waals surface area (Å²) in [6.45, 7) is 1.24. The van der Waals surface area contributed by atoms with E-state index in [0.29, 0.717) is 0 Å². The largest absolute Gasteiger partial charge is 0.573 e. The summed E-state index contributed by atoms with van der Waals surface area (Å²) in [6, 6.07) is 2.37. The van der Waals surface area contributed by atoms with Gasteiger partial charge in [0.15, 0.2) is 0 Å². The second-order valence-electron chi connectivity index (χ2n) is 3.76. The van der Waals surface area contributed by atoms with Crippen molar-refractivity contribution in [3.8, 4) is 5.75 Å². The zero-order valence-corrected chi connectivity index (χ0v) is 11.0. The lowest BCUT2D eigenvalue weighted by Gasteiger charge is -2.12. The van der Waals surface area contributed by atoms with E-state index in [1.165, 1.54) is 6.92 Å². The molecule has 0 heterocycles.